The second kappa shape index (κ2) is 5.54. The number of hydrogen-bond acceptors (Lipinski definition) is 3. The van der Waals surface area contributed by atoms with Crippen molar-refractivity contribution in [2.75, 3.05) is 13.2 Å². The van der Waals surface area contributed by atoms with Crippen LogP contribution in [0.3, 0.4) is 0 Å². The van der Waals surface area contributed by atoms with Gasteiger partial charge in [-0.25, -0.2) is 4.39 Å². The molecule has 102 valence electrons. The van der Waals surface area contributed by atoms with Crippen molar-refractivity contribution in [2.45, 2.75) is 6.04 Å². The lowest BCUT2D eigenvalue weighted by Crippen LogP contribution is -2.42. The number of carboxylic acid groups (broad SMARTS) is 1. The number of carbonyl (C=O) groups excluding carboxylic acids is 1. The van der Waals surface area contributed by atoms with Crippen molar-refractivity contribution in [2.24, 2.45) is 5.92 Å². The van der Waals surface area contributed by atoms with Crippen molar-refractivity contribution in [3.05, 3.63) is 34.6 Å². The summed E-state index contributed by atoms with van der Waals surface area (Å²) in [6.07, 6.45) is 0. The smallest absolute Gasteiger partial charge is 0.311 e. The molecule has 19 heavy (non-hydrogen) atoms. The van der Waals surface area contributed by atoms with Gasteiger partial charge in [0.05, 0.1) is 24.8 Å². The molecule has 2 unspecified atom stereocenters. The summed E-state index contributed by atoms with van der Waals surface area (Å²) >= 11 is 5.59. The molecule has 0 bridgehead atoms. The van der Waals surface area contributed by atoms with E-state index in [1.165, 1.54) is 12.1 Å². The number of benzene rings is 1. The van der Waals surface area contributed by atoms with E-state index in [0.717, 1.165) is 6.07 Å². The summed E-state index contributed by atoms with van der Waals surface area (Å²) in [6.45, 7) is 0.126. The summed E-state index contributed by atoms with van der Waals surface area (Å²) in [4.78, 5) is 22.8. The Morgan fingerprint density at radius 3 is 2.79 bits per heavy atom. The van der Waals surface area contributed by atoms with Crippen LogP contribution in [-0.4, -0.2) is 36.2 Å². The molecule has 0 aliphatic carbocycles. The Hall–Kier alpha value is -1.66. The number of halogens is 2. The molecule has 1 saturated heterocycles. The van der Waals surface area contributed by atoms with Crippen LogP contribution in [0.25, 0.3) is 0 Å². The second-order valence-corrected chi connectivity index (χ2v) is 4.62. The van der Waals surface area contributed by atoms with Gasteiger partial charge in [-0.05, 0) is 18.2 Å². The Morgan fingerprint density at radius 2 is 2.16 bits per heavy atom. The fraction of sp³-hybridized carbons (Fsp3) is 0.333. The predicted molar refractivity (Wildman–Crippen MR) is 64.6 cm³/mol. The molecule has 1 heterocycles. The highest BCUT2D eigenvalue weighted by Gasteiger charge is 2.35. The van der Waals surface area contributed by atoms with Gasteiger partial charge >= 0.3 is 5.97 Å². The summed E-state index contributed by atoms with van der Waals surface area (Å²) in [5, 5.41) is 11.6. The van der Waals surface area contributed by atoms with Crippen LogP contribution in [-0.2, 0) is 9.53 Å². The largest absolute Gasteiger partial charge is 0.481 e. The van der Waals surface area contributed by atoms with Crippen LogP contribution in [0.2, 0.25) is 5.02 Å². The summed E-state index contributed by atoms with van der Waals surface area (Å²) < 4.78 is 18.5. The van der Waals surface area contributed by atoms with Gasteiger partial charge in [-0.1, -0.05) is 11.6 Å². The van der Waals surface area contributed by atoms with Gasteiger partial charge < -0.3 is 15.2 Å². The minimum absolute atomic E-state index is 0.0311. The normalized spacial score (nSPS) is 22.2. The molecule has 1 aliphatic heterocycles. The Morgan fingerprint density at radius 1 is 1.42 bits per heavy atom. The van der Waals surface area contributed by atoms with Crippen LogP contribution in [0.5, 0.6) is 0 Å². The highest BCUT2D eigenvalue weighted by Crippen LogP contribution is 2.17. The number of amides is 1. The lowest BCUT2D eigenvalue weighted by Gasteiger charge is -2.15. The summed E-state index contributed by atoms with van der Waals surface area (Å²) in [6, 6.07) is 2.99. The molecule has 0 aromatic heterocycles. The second-order valence-electron chi connectivity index (χ2n) is 4.19. The van der Waals surface area contributed by atoms with Crippen LogP contribution < -0.4 is 5.32 Å². The highest BCUT2D eigenvalue weighted by atomic mass is 35.5. The van der Waals surface area contributed by atoms with Crippen LogP contribution in [0.4, 0.5) is 4.39 Å². The zero-order chi connectivity index (χ0) is 14.0. The van der Waals surface area contributed by atoms with Crippen molar-refractivity contribution in [3.8, 4) is 0 Å². The zero-order valence-electron chi connectivity index (χ0n) is 9.73. The Kier molecular flexibility index (Phi) is 4.01. The first-order chi connectivity index (χ1) is 8.99. The summed E-state index contributed by atoms with van der Waals surface area (Å²) in [7, 11) is 0. The minimum atomic E-state index is -1.06. The van der Waals surface area contributed by atoms with E-state index in [0.29, 0.717) is 0 Å². The third kappa shape index (κ3) is 3.02. The lowest BCUT2D eigenvalue weighted by molar-refractivity contribution is -0.142. The average molecular weight is 288 g/mol. The van der Waals surface area contributed by atoms with Crippen LogP contribution in [0.1, 0.15) is 10.4 Å². The molecule has 1 aliphatic rings. The van der Waals surface area contributed by atoms with Gasteiger partial charge in [0.15, 0.2) is 0 Å². The van der Waals surface area contributed by atoms with E-state index < -0.39 is 29.7 Å². The molecule has 1 aromatic rings. The molecule has 2 atom stereocenters. The maximum absolute atomic E-state index is 13.5. The van der Waals surface area contributed by atoms with Crippen molar-refractivity contribution >= 4 is 23.5 Å². The molecule has 5 nitrogen and oxygen atoms in total. The molecule has 7 heteroatoms. The topological polar surface area (TPSA) is 75.6 Å². The minimum Gasteiger partial charge on any atom is -0.481 e. The first-order valence-corrected chi connectivity index (χ1v) is 5.93. The SMILES string of the molecule is O=C(NC1COCC1C(=O)O)c1ccc(Cl)cc1F. The Bertz CT molecular complexity index is 522. The van der Waals surface area contributed by atoms with Crippen molar-refractivity contribution in [1.82, 2.24) is 5.32 Å². The van der Waals surface area contributed by atoms with E-state index in [1.807, 2.05) is 0 Å². The number of rotatable bonds is 3. The van der Waals surface area contributed by atoms with Gasteiger partial charge in [0.2, 0.25) is 0 Å². The molecule has 2 N–H and O–H groups in total. The van der Waals surface area contributed by atoms with Gasteiger partial charge in [0, 0.05) is 5.02 Å². The zero-order valence-corrected chi connectivity index (χ0v) is 10.5. The Labute approximate surface area is 113 Å². The number of carbonyl (C=O) groups is 2. The predicted octanol–water partition coefficient (Wildman–Crippen LogP) is 1.31. The van der Waals surface area contributed by atoms with Gasteiger partial charge in [0.25, 0.3) is 5.91 Å². The van der Waals surface area contributed by atoms with E-state index >= 15 is 0 Å². The fourth-order valence-electron chi connectivity index (χ4n) is 1.86. The van der Waals surface area contributed by atoms with Gasteiger partial charge in [0.1, 0.15) is 11.7 Å². The van der Waals surface area contributed by atoms with Gasteiger partial charge in [-0.2, -0.15) is 0 Å². The number of carboxylic acids is 1. The molecule has 1 amide bonds. The first-order valence-electron chi connectivity index (χ1n) is 5.55. The highest BCUT2D eigenvalue weighted by molar-refractivity contribution is 6.30. The van der Waals surface area contributed by atoms with Crippen molar-refractivity contribution in [1.29, 1.82) is 0 Å². The maximum atomic E-state index is 13.5. The fourth-order valence-corrected chi connectivity index (χ4v) is 2.02. The summed E-state index contributed by atoms with van der Waals surface area (Å²) in [5.41, 5.74) is -0.180. The molecular formula is C12H11ClFNO4. The lowest BCUT2D eigenvalue weighted by atomic mass is 10.0. The number of ether oxygens (including phenoxy) is 1. The molecule has 0 radical (unpaired) electrons. The van der Waals surface area contributed by atoms with Crippen LogP contribution in [0.15, 0.2) is 18.2 Å². The quantitative estimate of drug-likeness (QED) is 0.879. The number of hydrogen-bond donors (Lipinski definition) is 2. The number of aliphatic carboxylic acids is 1. The van der Waals surface area contributed by atoms with E-state index in [1.54, 1.807) is 0 Å². The standard InChI is InChI=1S/C12H11ClFNO4/c13-6-1-2-7(9(14)3-6)11(16)15-10-5-19-4-8(10)12(17)18/h1-3,8,10H,4-5H2,(H,15,16)(H,17,18). The monoisotopic (exact) mass is 287 g/mol. The van der Waals surface area contributed by atoms with Crippen LogP contribution in [0, 0.1) is 11.7 Å². The van der Waals surface area contributed by atoms with E-state index in [-0.39, 0.29) is 23.8 Å². The molecule has 0 saturated carbocycles. The van der Waals surface area contributed by atoms with Crippen molar-refractivity contribution in [3.63, 3.8) is 0 Å². The molecule has 2 rings (SSSR count). The van der Waals surface area contributed by atoms with Gasteiger partial charge in [-0.3, -0.25) is 9.59 Å². The molecule has 1 fully saturated rings. The molecular weight excluding hydrogens is 277 g/mol. The molecule has 0 spiro atoms. The van der Waals surface area contributed by atoms with E-state index in [9.17, 15) is 14.0 Å². The van der Waals surface area contributed by atoms with Crippen molar-refractivity contribution < 1.29 is 23.8 Å². The van der Waals surface area contributed by atoms with E-state index in [2.05, 4.69) is 5.32 Å². The third-order valence-corrected chi connectivity index (χ3v) is 3.13. The Balaban J connectivity index is 2.10. The van der Waals surface area contributed by atoms with Gasteiger partial charge in [-0.15, -0.1) is 0 Å². The van der Waals surface area contributed by atoms with Crippen LogP contribution >= 0.6 is 11.6 Å². The number of nitrogens with one attached hydrogen (secondary N) is 1. The third-order valence-electron chi connectivity index (χ3n) is 2.89. The average Bonchev–Trinajstić information content (AvgIpc) is 2.76. The molecule has 1 aromatic carbocycles. The maximum Gasteiger partial charge on any atom is 0.311 e. The van der Waals surface area contributed by atoms with E-state index in [4.69, 9.17) is 21.4 Å². The summed E-state index contributed by atoms with van der Waals surface area (Å²) in [5.74, 6) is -3.31. The first kappa shape index (κ1) is 13.8.